The second-order valence-corrected chi connectivity index (χ2v) is 7.42. The van der Waals surface area contributed by atoms with E-state index in [1.54, 1.807) is 0 Å². The second kappa shape index (κ2) is 9.01. The summed E-state index contributed by atoms with van der Waals surface area (Å²) in [5.74, 6) is -0.278. The molecule has 0 spiro atoms. The number of hydrogen-bond donors (Lipinski definition) is 3. The number of H-pyrrole nitrogens is 2. The molecule has 2 heterocycles. The number of carbonyl (C=O) groups is 1. The molecule has 0 radical (unpaired) electrons. The smallest absolute Gasteiger partial charge is 0.306 e. The van der Waals surface area contributed by atoms with Crippen LogP contribution in [0.3, 0.4) is 0 Å². The van der Waals surface area contributed by atoms with Crippen LogP contribution in [-0.4, -0.2) is 43.1 Å². The van der Waals surface area contributed by atoms with Crippen LogP contribution in [0.15, 0.2) is 47.3 Å². The quantitative estimate of drug-likeness (QED) is 0.387. The van der Waals surface area contributed by atoms with Gasteiger partial charge in [0.15, 0.2) is 11.2 Å². The Kier molecular flexibility index (Phi) is 5.98. The van der Waals surface area contributed by atoms with E-state index in [0.29, 0.717) is 42.2 Å². The number of aromatic nitrogens is 5. The molecule has 9 heteroatoms. The van der Waals surface area contributed by atoms with E-state index in [1.807, 2.05) is 56.3 Å². The molecule has 0 saturated carbocycles. The zero-order valence-electron chi connectivity index (χ0n) is 17.8. The van der Waals surface area contributed by atoms with Gasteiger partial charge in [-0.15, -0.1) is 5.10 Å². The Bertz CT molecular complexity index is 1330. The van der Waals surface area contributed by atoms with Gasteiger partial charge in [-0.25, -0.2) is 10.1 Å². The average Bonchev–Trinajstić information content (AvgIpc) is 3.27. The first-order valence-electron chi connectivity index (χ1n) is 10.4. The van der Waals surface area contributed by atoms with Gasteiger partial charge in [-0.05, 0) is 48.6 Å². The predicted molar refractivity (Wildman–Crippen MR) is 119 cm³/mol. The van der Waals surface area contributed by atoms with Crippen LogP contribution < -0.4 is 10.3 Å². The highest BCUT2D eigenvalue weighted by molar-refractivity contribution is 5.77. The highest BCUT2D eigenvalue weighted by Gasteiger charge is 2.17. The molecule has 2 aromatic carbocycles. The number of fused-ring (bicyclic) bond motifs is 1. The van der Waals surface area contributed by atoms with Crippen LogP contribution >= 0.6 is 0 Å². The summed E-state index contributed by atoms with van der Waals surface area (Å²) in [6.07, 6.45) is 1.05. The number of aromatic amines is 2. The van der Waals surface area contributed by atoms with Crippen molar-refractivity contribution in [1.82, 2.24) is 25.4 Å². The van der Waals surface area contributed by atoms with E-state index >= 15 is 0 Å². The molecule has 0 fully saturated rings. The number of nitrogens with zero attached hydrogens (tertiary/aromatic N) is 3. The number of benzene rings is 2. The van der Waals surface area contributed by atoms with E-state index in [4.69, 9.17) is 4.74 Å². The van der Waals surface area contributed by atoms with Crippen molar-refractivity contribution < 1.29 is 14.6 Å². The number of carboxylic acids is 1. The maximum absolute atomic E-state index is 12.3. The summed E-state index contributed by atoms with van der Waals surface area (Å²) in [4.78, 5) is 30.8. The zero-order chi connectivity index (χ0) is 22.7. The van der Waals surface area contributed by atoms with Crippen LogP contribution in [0.5, 0.6) is 5.75 Å². The van der Waals surface area contributed by atoms with E-state index in [2.05, 4.69) is 25.4 Å². The number of hydrogen-bond acceptors (Lipinski definition) is 6. The van der Waals surface area contributed by atoms with Gasteiger partial charge in [0.2, 0.25) is 0 Å². The first-order valence-corrected chi connectivity index (χ1v) is 10.4. The molecule has 0 aliphatic rings. The minimum atomic E-state index is -0.785. The summed E-state index contributed by atoms with van der Waals surface area (Å²) in [5, 5.41) is 19.3. The standard InChI is InChI=1S/C23H23N5O4/c1-3-14(23(30)31)10-13-6-5-7-15(11-13)16-8-9-17(18(12-16)32-4-2)20-24-21-19(22(29)25-20)26-28-27-21/h5-9,11-12,14H,3-4,10H2,1-2H3,(H,30,31)(H2,24,25,26,27,28,29). The van der Waals surface area contributed by atoms with Gasteiger partial charge >= 0.3 is 5.97 Å². The van der Waals surface area contributed by atoms with E-state index in [0.717, 1.165) is 16.7 Å². The van der Waals surface area contributed by atoms with Crippen LogP contribution in [0.25, 0.3) is 33.7 Å². The lowest BCUT2D eigenvalue weighted by Crippen LogP contribution is -2.15. The van der Waals surface area contributed by atoms with Gasteiger partial charge in [-0.2, -0.15) is 0 Å². The van der Waals surface area contributed by atoms with Crippen LogP contribution in [0, 0.1) is 5.92 Å². The lowest BCUT2D eigenvalue weighted by Gasteiger charge is -2.14. The molecule has 3 N–H and O–H groups in total. The monoisotopic (exact) mass is 433 g/mol. The first kappa shape index (κ1) is 21.2. The molecule has 1 unspecified atom stereocenters. The normalized spacial score (nSPS) is 12.1. The summed E-state index contributed by atoms with van der Waals surface area (Å²) < 4.78 is 5.85. The topological polar surface area (TPSA) is 134 Å². The van der Waals surface area contributed by atoms with Gasteiger partial charge in [0.25, 0.3) is 5.56 Å². The summed E-state index contributed by atoms with van der Waals surface area (Å²) in [6, 6.07) is 13.5. The summed E-state index contributed by atoms with van der Waals surface area (Å²) in [7, 11) is 0. The molecule has 164 valence electrons. The Labute approximate surface area is 183 Å². The van der Waals surface area contributed by atoms with Gasteiger partial charge < -0.3 is 14.8 Å². The Morgan fingerprint density at radius 2 is 1.97 bits per heavy atom. The van der Waals surface area contributed by atoms with Gasteiger partial charge in [-0.1, -0.05) is 42.5 Å². The molecule has 2 aromatic heterocycles. The SMILES string of the molecule is CCOc1cc(-c2cccc(CC(CC)C(=O)O)c2)ccc1-c1nc2[nH]nnc2c(=O)[nH]1. The van der Waals surface area contributed by atoms with E-state index in [-0.39, 0.29) is 11.1 Å². The van der Waals surface area contributed by atoms with Gasteiger partial charge in [0.1, 0.15) is 11.6 Å². The molecule has 0 bridgehead atoms. The van der Waals surface area contributed by atoms with Crippen molar-refractivity contribution in [2.24, 2.45) is 5.92 Å². The van der Waals surface area contributed by atoms with Crippen molar-refractivity contribution in [2.45, 2.75) is 26.7 Å². The Balaban J connectivity index is 1.72. The minimum absolute atomic E-state index is 0.145. The Morgan fingerprint density at radius 3 is 2.72 bits per heavy atom. The van der Waals surface area contributed by atoms with Crippen molar-refractivity contribution in [1.29, 1.82) is 0 Å². The lowest BCUT2D eigenvalue weighted by molar-refractivity contribution is -0.141. The maximum Gasteiger partial charge on any atom is 0.306 e. The molecule has 32 heavy (non-hydrogen) atoms. The number of nitrogens with one attached hydrogen (secondary N) is 2. The van der Waals surface area contributed by atoms with Crippen molar-refractivity contribution in [3.8, 4) is 28.3 Å². The summed E-state index contributed by atoms with van der Waals surface area (Å²) in [5.41, 5.74) is 3.51. The summed E-state index contributed by atoms with van der Waals surface area (Å²) >= 11 is 0. The van der Waals surface area contributed by atoms with E-state index in [9.17, 15) is 14.7 Å². The number of ether oxygens (including phenoxy) is 1. The van der Waals surface area contributed by atoms with Crippen molar-refractivity contribution in [3.05, 3.63) is 58.4 Å². The number of rotatable bonds is 8. The molecule has 9 nitrogen and oxygen atoms in total. The summed E-state index contributed by atoms with van der Waals surface area (Å²) in [6.45, 7) is 4.20. The molecule has 1 atom stereocenters. The fourth-order valence-electron chi connectivity index (χ4n) is 3.63. The molecule has 4 aromatic rings. The highest BCUT2D eigenvalue weighted by Crippen LogP contribution is 2.33. The van der Waals surface area contributed by atoms with E-state index in [1.165, 1.54) is 0 Å². The number of carboxylic acid groups (broad SMARTS) is 1. The van der Waals surface area contributed by atoms with Gasteiger partial charge in [0.05, 0.1) is 18.1 Å². The molecular weight excluding hydrogens is 410 g/mol. The fourth-order valence-corrected chi connectivity index (χ4v) is 3.63. The molecule has 0 amide bonds. The van der Waals surface area contributed by atoms with Gasteiger partial charge in [-0.3, -0.25) is 9.59 Å². The third-order valence-electron chi connectivity index (χ3n) is 5.32. The van der Waals surface area contributed by atoms with Crippen molar-refractivity contribution >= 4 is 17.1 Å². The molecular formula is C23H23N5O4. The lowest BCUT2D eigenvalue weighted by atomic mass is 9.94. The van der Waals surface area contributed by atoms with Crippen molar-refractivity contribution in [3.63, 3.8) is 0 Å². The van der Waals surface area contributed by atoms with Crippen LogP contribution in [0.1, 0.15) is 25.8 Å². The third kappa shape index (κ3) is 4.22. The fraction of sp³-hybridized carbons (Fsp3) is 0.261. The molecule has 4 rings (SSSR count). The molecule has 0 saturated heterocycles. The average molecular weight is 433 g/mol. The first-order chi connectivity index (χ1) is 15.5. The largest absolute Gasteiger partial charge is 0.493 e. The van der Waals surface area contributed by atoms with E-state index < -0.39 is 11.9 Å². The predicted octanol–water partition coefficient (Wildman–Crippen LogP) is 3.43. The maximum atomic E-state index is 12.3. The van der Waals surface area contributed by atoms with Crippen molar-refractivity contribution in [2.75, 3.05) is 6.61 Å². The van der Waals surface area contributed by atoms with Crippen LogP contribution in [0.2, 0.25) is 0 Å². The molecule has 0 aliphatic heterocycles. The Hall–Kier alpha value is -4.01. The molecule has 0 aliphatic carbocycles. The second-order valence-electron chi connectivity index (χ2n) is 7.42. The van der Waals surface area contributed by atoms with Crippen LogP contribution in [0.4, 0.5) is 0 Å². The third-order valence-corrected chi connectivity index (χ3v) is 5.32. The van der Waals surface area contributed by atoms with Gasteiger partial charge in [0, 0.05) is 0 Å². The highest BCUT2D eigenvalue weighted by atomic mass is 16.5. The Morgan fingerprint density at radius 1 is 1.16 bits per heavy atom. The number of aliphatic carboxylic acids is 1. The minimum Gasteiger partial charge on any atom is -0.493 e. The zero-order valence-corrected chi connectivity index (χ0v) is 17.8. The van der Waals surface area contributed by atoms with Crippen LogP contribution in [-0.2, 0) is 11.2 Å².